The van der Waals surface area contributed by atoms with Crippen LogP contribution in [0.25, 0.3) is 0 Å². The maximum absolute atomic E-state index is 11.7. The van der Waals surface area contributed by atoms with Crippen molar-refractivity contribution in [3.05, 3.63) is 28.7 Å². The minimum atomic E-state index is -0.0980. The van der Waals surface area contributed by atoms with Gasteiger partial charge >= 0.3 is 0 Å². The molecule has 1 rings (SSSR count). The van der Waals surface area contributed by atoms with E-state index < -0.39 is 0 Å². The first-order chi connectivity index (χ1) is 9.17. The number of rotatable bonds is 8. The zero-order chi connectivity index (χ0) is 14.1. The molecule has 6 heteroatoms. The zero-order valence-electron chi connectivity index (χ0n) is 11.1. The largest absolute Gasteiger partial charge is 0.382 e. The summed E-state index contributed by atoms with van der Waals surface area (Å²) in [6, 6.07) is 7.48. The van der Waals surface area contributed by atoms with Crippen LogP contribution in [0.4, 0.5) is 5.69 Å². The number of amides is 1. The summed E-state index contributed by atoms with van der Waals surface area (Å²) in [6.07, 6.45) is -0.0544. The molecule has 0 bridgehead atoms. The molecule has 0 aliphatic carbocycles. The molecule has 1 amide bonds. The van der Waals surface area contributed by atoms with Gasteiger partial charge in [0.05, 0.1) is 24.9 Å². The Kier molecular flexibility index (Phi) is 7.66. The van der Waals surface area contributed by atoms with Gasteiger partial charge in [0.1, 0.15) is 0 Å². The second-order valence-corrected chi connectivity index (χ2v) is 4.83. The number of hydrogen-bond donors (Lipinski definition) is 2. The number of ether oxygens (including phenoxy) is 2. The quantitative estimate of drug-likeness (QED) is 0.760. The van der Waals surface area contributed by atoms with E-state index in [4.69, 9.17) is 9.47 Å². The average Bonchev–Trinajstić information content (AvgIpc) is 2.40. The number of anilines is 1. The molecule has 2 N–H and O–H groups in total. The summed E-state index contributed by atoms with van der Waals surface area (Å²) in [4.78, 5) is 11.7. The van der Waals surface area contributed by atoms with Crippen molar-refractivity contribution in [2.75, 3.05) is 39.2 Å². The topological polar surface area (TPSA) is 59.6 Å². The molecule has 1 aromatic rings. The summed E-state index contributed by atoms with van der Waals surface area (Å²) in [7, 11) is 3.23. The molecule has 106 valence electrons. The Morgan fingerprint density at radius 1 is 1.37 bits per heavy atom. The van der Waals surface area contributed by atoms with Crippen LogP contribution < -0.4 is 10.6 Å². The van der Waals surface area contributed by atoms with Crippen molar-refractivity contribution in [3.63, 3.8) is 0 Å². The fourth-order valence-corrected chi connectivity index (χ4v) is 1.88. The summed E-state index contributed by atoms with van der Waals surface area (Å²) in [6.45, 7) is 1.29. The Bertz CT molecular complexity index is 401. The van der Waals surface area contributed by atoms with E-state index >= 15 is 0 Å². The molecule has 0 saturated heterocycles. The smallest absolute Gasteiger partial charge is 0.238 e. The molecule has 0 spiro atoms. The summed E-state index contributed by atoms with van der Waals surface area (Å²) >= 11 is 3.38. The monoisotopic (exact) mass is 330 g/mol. The van der Waals surface area contributed by atoms with Crippen molar-refractivity contribution in [1.82, 2.24) is 5.32 Å². The Hall–Kier alpha value is -0.950. The summed E-state index contributed by atoms with van der Waals surface area (Å²) in [5.74, 6) is -0.0980. The van der Waals surface area contributed by atoms with E-state index in [1.165, 1.54) is 0 Å². The molecule has 0 heterocycles. The molecule has 0 fully saturated rings. The Balaban J connectivity index is 2.30. The SMILES string of the molecule is COCC(CNCC(=O)Nc1ccccc1Br)OC. The van der Waals surface area contributed by atoms with Gasteiger partial charge in [-0.25, -0.2) is 0 Å². The molecule has 0 aliphatic rings. The number of carbonyl (C=O) groups is 1. The number of benzene rings is 1. The summed E-state index contributed by atoms with van der Waals surface area (Å²) in [5.41, 5.74) is 0.759. The van der Waals surface area contributed by atoms with Gasteiger partial charge in [0.2, 0.25) is 5.91 Å². The third-order valence-electron chi connectivity index (χ3n) is 2.49. The molecule has 0 aromatic heterocycles. The van der Waals surface area contributed by atoms with Crippen LogP contribution in [0.1, 0.15) is 0 Å². The van der Waals surface area contributed by atoms with Gasteiger partial charge < -0.3 is 20.1 Å². The molecule has 1 aromatic carbocycles. The number of methoxy groups -OCH3 is 2. The van der Waals surface area contributed by atoms with Gasteiger partial charge in [-0.3, -0.25) is 4.79 Å². The standard InChI is InChI=1S/C13H19BrN2O3/c1-18-9-10(19-2)7-15-8-13(17)16-12-6-4-3-5-11(12)14/h3-6,10,15H,7-9H2,1-2H3,(H,16,17). The van der Waals surface area contributed by atoms with Crippen molar-refractivity contribution in [1.29, 1.82) is 0 Å². The third kappa shape index (κ3) is 6.15. The minimum Gasteiger partial charge on any atom is -0.382 e. The van der Waals surface area contributed by atoms with Crippen LogP contribution in [0.2, 0.25) is 0 Å². The zero-order valence-corrected chi connectivity index (χ0v) is 12.7. The molecule has 0 aliphatic heterocycles. The van der Waals surface area contributed by atoms with Crippen molar-refractivity contribution in [2.24, 2.45) is 0 Å². The predicted octanol–water partition coefficient (Wildman–Crippen LogP) is 1.64. The Labute approximate surface area is 121 Å². The van der Waals surface area contributed by atoms with Crippen LogP contribution >= 0.6 is 15.9 Å². The average molecular weight is 331 g/mol. The van der Waals surface area contributed by atoms with Crippen molar-refractivity contribution < 1.29 is 14.3 Å². The van der Waals surface area contributed by atoms with Crippen LogP contribution in [-0.2, 0) is 14.3 Å². The lowest BCUT2D eigenvalue weighted by Gasteiger charge is -2.15. The number of hydrogen-bond acceptors (Lipinski definition) is 4. The van der Waals surface area contributed by atoms with Gasteiger partial charge in [0, 0.05) is 25.2 Å². The van der Waals surface area contributed by atoms with Crippen LogP contribution in [0.5, 0.6) is 0 Å². The summed E-state index contributed by atoms with van der Waals surface area (Å²) < 4.78 is 11.0. The number of para-hydroxylation sites is 1. The van der Waals surface area contributed by atoms with Crippen molar-refractivity contribution in [2.45, 2.75) is 6.10 Å². The first kappa shape index (κ1) is 16.1. The highest BCUT2D eigenvalue weighted by Crippen LogP contribution is 2.20. The number of nitrogens with one attached hydrogen (secondary N) is 2. The van der Waals surface area contributed by atoms with E-state index in [0.717, 1.165) is 10.2 Å². The van der Waals surface area contributed by atoms with Gasteiger partial charge in [-0.15, -0.1) is 0 Å². The lowest BCUT2D eigenvalue weighted by atomic mass is 10.3. The molecular weight excluding hydrogens is 312 g/mol. The van der Waals surface area contributed by atoms with Crippen LogP contribution in [-0.4, -0.2) is 45.9 Å². The van der Waals surface area contributed by atoms with Crippen LogP contribution in [0.15, 0.2) is 28.7 Å². The Morgan fingerprint density at radius 2 is 2.11 bits per heavy atom. The molecular formula is C13H19BrN2O3. The first-order valence-electron chi connectivity index (χ1n) is 5.94. The second kappa shape index (κ2) is 9.03. The van der Waals surface area contributed by atoms with Gasteiger partial charge in [0.15, 0.2) is 0 Å². The molecule has 0 radical (unpaired) electrons. The first-order valence-corrected chi connectivity index (χ1v) is 6.73. The van der Waals surface area contributed by atoms with E-state index in [1.54, 1.807) is 14.2 Å². The third-order valence-corrected chi connectivity index (χ3v) is 3.18. The highest BCUT2D eigenvalue weighted by atomic mass is 79.9. The molecule has 5 nitrogen and oxygen atoms in total. The lowest BCUT2D eigenvalue weighted by molar-refractivity contribution is -0.115. The van der Waals surface area contributed by atoms with Crippen molar-refractivity contribution in [3.8, 4) is 0 Å². The predicted molar refractivity (Wildman–Crippen MR) is 78.3 cm³/mol. The van der Waals surface area contributed by atoms with E-state index in [1.807, 2.05) is 24.3 Å². The minimum absolute atomic E-state index is 0.0544. The Morgan fingerprint density at radius 3 is 2.74 bits per heavy atom. The highest BCUT2D eigenvalue weighted by Gasteiger charge is 2.08. The maximum atomic E-state index is 11.7. The lowest BCUT2D eigenvalue weighted by Crippen LogP contribution is -2.36. The molecule has 1 unspecified atom stereocenters. The number of carbonyl (C=O) groups excluding carboxylic acids is 1. The molecule has 19 heavy (non-hydrogen) atoms. The normalized spacial score (nSPS) is 12.2. The second-order valence-electron chi connectivity index (χ2n) is 3.97. The molecule has 0 saturated carbocycles. The van der Waals surface area contributed by atoms with Gasteiger partial charge in [-0.2, -0.15) is 0 Å². The molecule has 1 atom stereocenters. The fourth-order valence-electron chi connectivity index (χ4n) is 1.50. The van der Waals surface area contributed by atoms with E-state index in [-0.39, 0.29) is 18.6 Å². The van der Waals surface area contributed by atoms with Crippen LogP contribution in [0, 0.1) is 0 Å². The summed E-state index contributed by atoms with van der Waals surface area (Å²) in [5, 5.41) is 5.84. The van der Waals surface area contributed by atoms with Crippen molar-refractivity contribution >= 4 is 27.5 Å². The van der Waals surface area contributed by atoms with Crippen LogP contribution in [0.3, 0.4) is 0 Å². The van der Waals surface area contributed by atoms with Gasteiger partial charge in [-0.1, -0.05) is 12.1 Å². The van der Waals surface area contributed by atoms with Gasteiger partial charge in [-0.05, 0) is 28.1 Å². The van der Waals surface area contributed by atoms with E-state index in [9.17, 15) is 4.79 Å². The number of halogens is 1. The van der Waals surface area contributed by atoms with Gasteiger partial charge in [0.25, 0.3) is 0 Å². The maximum Gasteiger partial charge on any atom is 0.238 e. The van der Waals surface area contributed by atoms with E-state index in [2.05, 4.69) is 26.6 Å². The van der Waals surface area contributed by atoms with E-state index in [0.29, 0.717) is 13.2 Å². The highest BCUT2D eigenvalue weighted by molar-refractivity contribution is 9.10. The fraction of sp³-hybridized carbons (Fsp3) is 0.462.